The maximum atomic E-state index is 12.8. The number of benzene rings is 2. The van der Waals surface area contributed by atoms with Gasteiger partial charge in [0.2, 0.25) is 5.91 Å². The molecule has 0 radical (unpaired) electrons. The lowest BCUT2D eigenvalue weighted by molar-refractivity contribution is -0.120. The monoisotopic (exact) mass is 447 g/mol. The molecular formula is C22H29N3O3S2. The number of piperidine rings is 1. The van der Waals surface area contributed by atoms with Gasteiger partial charge in [-0.1, -0.05) is 30.3 Å². The number of anilines is 1. The summed E-state index contributed by atoms with van der Waals surface area (Å²) >= 11 is 1.78. The fraction of sp³-hybridized carbons (Fsp3) is 0.409. The third-order valence-corrected chi connectivity index (χ3v) is 8.23. The molecule has 162 valence electrons. The summed E-state index contributed by atoms with van der Waals surface area (Å²) in [4.78, 5) is 14.0. The molecule has 1 saturated heterocycles. The van der Waals surface area contributed by atoms with E-state index >= 15 is 0 Å². The Morgan fingerprint density at radius 1 is 1.20 bits per heavy atom. The number of carbonyl (C=O) groups is 1. The van der Waals surface area contributed by atoms with Crippen LogP contribution in [-0.4, -0.2) is 50.1 Å². The van der Waals surface area contributed by atoms with Crippen molar-refractivity contribution in [3.8, 4) is 0 Å². The highest BCUT2D eigenvalue weighted by Crippen LogP contribution is 2.26. The van der Waals surface area contributed by atoms with Crippen molar-refractivity contribution < 1.29 is 13.2 Å². The van der Waals surface area contributed by atoms with Crippen molar-refractivity contribution in [3.05, 3.63) is 59.7 Å². The second kappa shape index (κ2) is 9.96. The molecule has 3 rings (SSSR count). The SMILES string of the molecule is Cc1cc(CSc2ccccc2)ccc1NC(=O)[C@@H]1CCCN(S(=O)(=O)N(C)C)C1. The fourth-order valence-corrected chi connectivity index (χ4v) is 5.52. The third-order valence-electron chi connectivity index (χ3n) is 5.24. The number of rotatable bonds is 7. The summed E-state index contributed by atoms with van der Waals surface area (Å²) in [5.74, 6) is 0.392. The van der Waals surface area contributed by atoms with Gasteiger partial charge < -0.3 is 5.32 Å². The van der Waals surface area contributed by atoms with Crippen LogP contribution in [0.25, 0.3) is 0 Å². The molecule has 0 aromatic heterocycles. The second-order valence-electron chi connectivity index (χ2n) is 7.73. The standard InChI is InChI=1S/C22H29N3O3S2/c1-17-14-18(16-29-20-9-5-4-6-10-20)11-12-21(17)23-22(26)19-8-7-13-25(15-19)30(27,28)24(2)3/h4-6,9-12,14,19H,7-8,13,15-16H2,1-3H3,(H,23,26)/t19-/m1/s1. The van der Waals surface area contributed by atoms with Crippen molar-refractivity contribution in [2.75, 3.05) is 32.5 Å². The molecule has 0 bridgehead atoms. The Labute approximate surface area is 183 Å². The molecule has 0 aliphatic carbocycles. The van der Waals surface area contributed by atoms with Gasteiger partial charge in [0.25, 0.3) is 10.2 Å². The first-order chi connectivity index (χ1) is 14.3. The molecule has 0 unspecified atom stereocenters. The van der Waals surface area contributed by atoms with Gasteiger partial charge in [0.1, 0.15) is 0 Å². The van der Waals surface area contributed by atoms with Crippen LogP contribution in [0.5, 0.6) is 0 Å². The molecule has 0 spiro atoms. The highest BCUT2D eigenvalue weighted by Gasteiger charge is 2.33. The number of thioether (sulfide) groups is 1. The molecule has 1 aliphatic heterocycles. The lowest BCUT2D eigenvalue weighted by atomic mass is 9.98. The van der Waals surface area contributed by atoms with Crippen LogP contribution in [0.3, 0.4) is 0 Å². The molecule has 1 amide bonds. The Kier molecular flexibility index (Phi) is 7.57. The van der Waals surface area contributed by atoms with E-state index in [0.717, 1.165) is 17.0 Å². The number of hydrogen-bond donors (Lipinski definition) is 1. The number of nitrogens with zero attached hydrogens (tertiary/aromatic N) is 2. The summed E-state index contributed by atoms with van der Waals surface area (Å²) in [5.41, 5.74) is 2.98. The van der Waals surface area contributed by atoms with E-state index in [4.69, 9.17) is 0 Å². The van der Waals surface area contributed by atoms with Crippen molar-refractivity contribution in [1.29, 1.82) is 0 Å². The van der Waals surface area contributed by atoms with Crippen molar-refractivity contribution in [3.63, 3.8) is 0 Å². The zero-order chi connectivity index (χ0) is 21.7. The first-order valence-electron chi connectivity index (χ1n) is 10.0. The van der Waals surface area contributed by atoms with Gasteiger partial charge in [-0.25, -0.2) is 0 Å². The molecule has 1 N–H and O–H groups in total. The van der Waals surface area contributed by atoms with Gasteiger partial charge in [-0.2, -0.15) is 17.0 Å². The van der Waals surface area contributed by atoms with Gasteiger partial charge in [-0.3, -0.25) is 4.79 Å². The first-order valence-corrected chi connectivity index (χ1v) is 12.4. The van der Waals surface area contributed by atoms with Crippen molar-refractivity contribution >= 4 is 33.6 Å². The lowest BCUT2D eigenvalue weighted by Gasteiger charge is -2.32. The predicted molar refractivity (Wildman–Crippen MR) is 123 cm³/mol. The van der Waals surface area contributed by atoms with E-state index in [9.17, 15) is 13.2 Å². The average Bonchev–Trinajstić information content (AvgIpc) is 2.74. The molecule has 1 fully saturated rings. The molecule has 1 heterocycles. The summed E-state index contributed by atoms with van der Waals surface area (Å²) in [6.45, 7) is 2.66. The number of nitrogens with one attached hydrogen (secondary N) is 1. The fourth-order valence-electron chi connectivity index (χ4n) is 3.47. The van der Waals surface area contributed by atoms with Gasteiger partial charge >= 0.3 is 0 Å². The largest absolute Gasteiger partial charge is 0.326 e. The van der Waals surface area contributed by atoms with Crippen molar-refractivity contribution in [2.45, 2.75) is 30.4 Å². The Balaban J connectivity index is 1.61. The van der Waals surface area contributed by atoms with Gasteiger partial charge in [0, 0.05) is 43.5 Å². The molecule has 0 saturated carbocycles. The number of hydrogen-bond acceptors (Lipinski definition) is 4. The minimum absolute atomic E-state index is 0.122. The van der Waals surface area contributed by atoms with E-state index in [2.05, 4.69) is 23.5 Å². The highest BCUT2D eigenvalue weighted by molar-refractivity contribution is 7.98. The zero-order valence-corrected chi connectivity index (χ0v) is 19.3. The minimum atomic E-state index is -3.50. The Morgan fingerprint density at radius 2 is 1.93 bits per heavy atom. The van der Waals surface area contributed by atoms with Gasteiger partial charge in [0.15, 0.2) is 0 Å². The number of aryl methyl sites for hydroxylation is 1. The van der Waals surface area contributed by atoms with Gasteiger partial charge in [0.05, 0.1) is 5.92 Å². The van der Waals surface area contributed by atoms with E-state index in [0.29, 0.717) is 19.4 Å². The molecule has 30 heavy (non-hydrogen) atoms. The van der Waals surface area contributed by atoms with Crippen LogP contribution in [0.15, 0.2) is 53.4 Å². The Hall–Kier alpha value is -1.87. The van der Waals surface area contributed by atoms with Crippen LogP contribution in [0.2, 0.25) is 0 Å². The van der Waals surface area contributed by atoms with Crippen LogP contribution in [0.4, 0.5) is 5.69 Å². The summed E-state index contributed by atoms with van der Waals surface area (Å²) in [7, 11) is -0.470. The smallest absolute Gasteiger partial charge is 0.281 e. The van der Waals surface area contributed by atoms with Gasteiger partial charge in [-0.15, -0.1) is 11.8 Å². The summed E-state index contributed by atoms with van der Waals surface area (Å²) < 4.78 is 27.4. The summed E-state index contributed by atoms with van der Waals surface area (Å²) in [6, 6.07) is 16.3. The molecule has 1 aliphatic rings. The number of amides is 1. The normalized spacial score (nSPS) is 17.8. The van der Waals surface area contributed by atoms with E-state index < -0.39 is 10.2 Å². The first kappa shape index (κ1) is 22.8. The molecule has 2 aromatic rings. The summed E-state index contributed by atoms with van der Waals surface area (Å²) in [5, 5.41) is 3.00. The van der Waals surface area contributed by atoms with Crippen molar-refractivity contribution in [2.24, 2.45) is 5.92 Å². The van der Waals surface area contributed by atoms with E-state index in [-0.39, 0.29) is 18.4 Å². The number of carbonyl (C=O) groups excluding carboxylic acids is 1. The molecule has 8 heteroatoms. The second-order valence-corrected chi connectivity index (χ2v) is 10.9. The molecule has 1 atom stereocenters. The molecule has 2 aromatic carbocycles. The molecular weight excluding hydrogens is 418 g/mol. The summed E-state index contributed by atoms with van der Waals surface area (Å²) in [6.07, 6.45) is 1.37. The topological polar surface area (TPSA) is 69.7 Å². The Morgan fingerprint density at radius 3 is 2.60 bits per heavy atom. The van der Waals surface area contributed by atoms with E-state index in [1.54, 1.807) is 11.8 Å². The van der Waals surface area contributed by atoms with Gasteiger partial charge in [-0.05, 0) is 49.1 Å². The van der Waals surface area contributed by atoms with E-state index in [1.807, 2.05) is 37.3 Å². The maximum Gasteiger partial charge on any atom is 0.281 e. The van der Waals surface area contributed by atoms with Crippen LogP contribution in [0.1, 0.15) is 24.0 Å². The van der Waals surface area contributed by atoms with Crippen molar-refractivity contribution in [1.82, 2.24) is 8.61 Å². The van der Waals surface area contributed by atoms with Crippen LogP contribution in [-0.2, 0) is 20.8 Å². The van der Waals surface area contributed by atoms with Crippen LogP contribution in [0, 0.1) is 12.8 Å². The minimum Gasteiger partial charge on any atom is -0.326 e. The van der Waals surface area contributed by atoms with Crippen LogP contribution >= 0.6 is 11.8 Å². The quantitative estimate of drug-likeness (QED) is 0.657. The highest BCUT2D eigenvalue weighted by atomic mass is 32.2. The average molecular weight is 448 g/mol. The Bertz CT molecular complexity index is 978. The van der Waals surface area contributed by atoms with Crippen LogP contribution < -0.4 is 5.32 Å². The third kappa shape index (κ3) is 5.63. The maximum absolute atomic E-state index is 12.8. The predicted octanol–water partition coefficient (Wildman–Crippen LogP) is 3.74. The lowest BCUT2D eigenvalue weighted by Crippen LogP contribution is -2.47. The molecule has 6 nitrogen and oxygen atoms in total. The zero-order valence-electron chi connectivity index (χ0n) is 17.7. The van der Waals surface area contributed by atoms with E-state index in [1.165, 1.54) is 33.2 Å².